The SMILES string of the molecule is CN=C(NCCCCNc1ccccn1)NC1CCN(Cc2ccc(C(F)(F)F)cc2)C1.I. The quantitative estimate of drug-likeness (QED) is 0.179. The lowest BCUT2D eigenvalue weighted by atomic mass is 10.1. The summed E-state index contributed by atoms with van der Waals surface area (Å²) in [5.74, 6) is 1.67. The molecule has 1 saturated heterocycles. The predicted octanol–water partition coefficient (Wildman–Crippen LogP) is 4.35. The van der Waals surface area contributed by atoms with Crippen molar-refractivity contribution in [3.8, 4) is 0 Å². The Kier molecular flexibility index (Phi) is 11.2. The minimum absolute atomic E-state index is 0. The van der Waals surface area contributed by atoms with Crippen LogP contribution in [-0.4, -0.2) is 55.1 Å². The fraction of sp³-hybridized carbons (Fsp3) is 0.478. The van der Waals surface area contributed by atoms with E-state index in [1.807, 2.05) is 18.2 Å². The Bertz CT molecular complexity index is 846. The topological polar surface area (TPSA) is 64.6 Å². The van der Waals surface area contributed by atoms with Crippen LogP contribution in [0.3, 0.4) is 0 Å². The summed E-state index contributed by atoms with van der Waals surface area (Å²) >= 11 is 0. The molecule has 10 heteroatoms. The van der Waals surface area contributed by atoms with Gasteiger partial charge in [0.2, 0.25) is 0 Å². The average Bonchev–Trinajstić information content (AvgIpc) is 3.22. The van der Waals surface area contributed by atoms with Crippen LogP contribution in [0.1, 0.15) is 30.4 Å². The molecule has 0 aliphatic carbocycles. The lowest BCUT2D eigenvalue weighted by Gasteiger charge is -2.19. The van der Waals surface area contributed by atoms with Crippen LogP contribution >= 0.6 is 24.0 Å². The van der Waals surface area contributed by atoms with Gasteiger partial charge in [0.05, 0.1) is 5.56 Å². The Labute approximate surface area is 210 Å². The van der Waals surface area contributed by atoms with Crippen LogP contribution in [0.15, 0.2) is 53.7 Å². The van der Waals surface area contributed by atoms with Gasteiger partial charge in [-0.15, -0.1) is 24.0 Å². The number of nitrogens with one attached hydrogen (secondary N) is 3. The van der Waals surface area contributed by atoms with Crippen molar-refractivity contribution in [2.75, 3.05) is 38.5 Å². The summed E-state index contributed by atoms with van der Waals surface area (Å²) in [4.78, 5) is 10.8. The van der Waals surface area contributed by atoms with Gasteiger partial charge in [-0.25, -0.2) is 4.98 Å². The van der Waals surface area contributed by atoms with Gasteiger partial charge in [0.1, 0.15) is 5.82 Å². The van der Waals surface area contributed by atoms with Crippen LogP contribution in [0.2, 0.25) is 0 Å². The maximum Gasteiger partial charge on any atom is 0.416 e. The van der Waals surface area contributed by atoms with Gasteiger partial charge in [0.25, 0.3) is 0 Å². The molecule has 1 fully saturated rings. The first-order valence-electron chi connectivity index (χ1n) is 10.9. The van der Waals surface area contributed by atoms with Crippen molar-refractivity contribution >= 4 is 35.8 Å². The van der Waals surface area contributed by atoms with Gasteiger partial charge in [0, 0.05) is 52.0 Å². The van der Waals surface area contributed by atoms with Crippen molar-refractivity contribution in [3.05, 3.63) is 59.8 Å². The number of guanidine groups is 1. The number of aromatic nitrogens is 1. The van der Waals surface area contributed by atoms with Crippen molar-refractivity contribution in [1.82, 2.24) is 20.5 Å². The van der Waals surface area contributed by atoms with E-state index in [1.165, 1.54) is 0 Å². The van der Waals surface area contributed by atoms with Crippen LogP contribution in [0, 0.1) is 0 Å². The van der Waals surface area contributed by atoms with Crippen LogP contribution < -0.4 is 16.0 Å². The first-order chi connectivity index (χ1) is 15.4. The minimum atomic E-state index is -4.29. The molecular formula is C23H32F3IN6. The number of benzene rings is 1. The zero-order valence-corrected chi connectivity index (χ0v) is 21.1. The van der Waals surface area contributed by atoms with E-state index in [0.29, 0.717) is 6.54 Å². The summed E-state index contributed by atoms with van der Waals surface area (Å²) in [5.41, 5.74) is 0.282. The second-order valence-corrected chi connectivity index (χ2v) is 7.91. The van der Waals surface area contributed by atoms with E-state index in [4.69, 9.17) is 0 Å². The number of nitrogens with zero attached hydrogens (tertiary/aromatic N) is 3. The smallest absolute Gasteiger partial charge is 0.370 e. The molecule has 33 heavy (non-hydrogen) atoms. The number of halogens is 4. The number of pyridine rings is 1. The second-order valence-electron chi connectivity index (χ2n) is 7.91. The van der Waals surface area contributed by atoms with Gasteiger partial charge >= 0.3 is 6.18 Å². The summed E-state index contributed by atoms with van der Waals surface area (Å²) < 4.78 is 38.1. The normalized spacial score (nSPS) is 16.8. The van der Waals surface area contributed by atoms with Crippen molar-refractivity contribution in [1.29, 1.82) is 0 Å². The number of likely N-dealkylation sites (tertiary alicyclic amines) is 1. The Hall–Kier alpha value is -2.08. The third-order valence-electron chi connectivity index (χ3n) is 5.39. The van der Waals surface area contributed by atoms with E-state index in [-0.39, 0.29) is 30.0 Å². The second kappa shape index (κ2) is 13.6. The highest BCUT2D eigenvalue weighted by Gasteiger charge is 2.30. The number of unbranched alkanes of at least 4 members (excludes halogenated alkanes) is 1. The highest BCUT2D eigenvalue weighted by Crippen LogP contribution is 2.29. The van der Waals surface area contributed by atoms with Crippen LogP contribution in [0.25, 0.3) is 0 Å². The number of aliphatic imine (C=N–C) groups is 1. The molecule has 3 rings (SSSR count). The molecule has 1 aliphatic heterocycles. The van der Waals surface area contributed by atoms with E-state index in [1.54, 1.807) is 25.4 Å². The summed E-state index contributed by atoms with van der Waals surface area (Å²) in [5, 5.41) is 10.1. The molecule has 0 amide bonds. The molecule has 0 radical (unpaired) electrons. The molecule has 1 atom stereocenters. The molecule has 3 N–H and O–H groups in total. The Morgan fingerprint density at radius 1 is 1.12 bits per heavy atom. The molecule has 0 bridgehead atoms. The first-order valence-corrected chi connectivity index (χ1v) is 10.9. The van der Waals surface area contributed by atoms with E-state index in [9.17, 15) is 13.2 Å². The predicted molar refractivity (Wildman–Crippen MR) is 137 cm³/mol. The number of alkyl halides is 3. The maximum atomic E-state index is 12.7. The average molecular weight is 576 g/mol. The van der Waals surface area contributed by atoms with Crippen molar-refractivity contribution in [2.24, 2.45) is 4.99 Å². The highest BCUT2D eigenvalue weighted by molar-refractivity contribution is 14.0. The molecule has 2 heterocycles. The van der Waals surface area contributed by atoms with Crippen LogP contribution in [0.4, 0.5) is 19.0 Å². The van der Waals surface area contributed by atoms with E-state index in [2.05, 4.69) is 30.8 Å². The summed E-state index contributed by atoms with van der Waals surface area (Å²) in [7, 11) is 1.76. The van der Waals surface area contributed by atoms with Crippen molar-refractivity contribution in [2.45, 2.75) is 38.0 Å². The lowest BCUT2D eigenvalue weighted by Crippen LogP contribution is -2.44. The number of rotatable bonds is 9. The molecule has 1 aromatic carbocycles. The zero-order chi connectivity index (χ0) is 22.8. The molecule has 0 spiro atoms. The van der Waals surface area contributed by atoms with Crippen LogP contribution in [0.5, 0.6) is 0 Å². The Balaban J connectivity index is 0.00000385. The molecule has 0 saturated carbocycles. The van der Waals surface area contributed by atoms with Gasteiger partial charge in [-0.3, -0.25) is 9.89 Å². The van der Waals surface area contributed by atoms with Gasteiger partial charge in [0.15, 0.2) is 5.96 Å². The molecule has 6 nitrogen and oxygen atoms in total. The monoisotopic (exact) mass is 576 g/mol. The standard InChI is InChI=1S/C23H31F3N6.HI/c1-27-22(30-14-5-4-13-29-21-6-2-3-12-28-21)31-20-11-15-32(17-20)16-18-7-9-19(10-8-18)23(24,25)26;/h2-3,6-10,12,20H,4-5,11,13-17H2,1H3,(H,28,29)(H2,27,30,31);1H. The van der Waals surface area contributed by atoms with Gasteiger partial charge in [-0.1, -0.05) is 18.2 Å². The third kappa shape index (κ3) is 9.36. The Morgan fingerprint density at radius 3 is 2.55 bits per heavy atom. The van der Waals surface area contributed by atoms with Gasteiger partial charge < -0.3 is 16.0 Å². The molecule has 1 aromatic heterocycles. The highest BCUT2D eigenvalue weighted by atomic mass is 127. The zero-order valence-electron chi connectivity index (χ0n) is 18.7. The van der Waals surface area contributed by atoms with E-state index in [0.717, 1.165) is 74.9 Å². The molecule has 2 aromatic rings. The maximum absolute atomic E-state index is 12.7. The number of anilines is 1. The summed E-state index contributed by atoms with van der Waals surface area (Å²) in [6.45, 7) is 4.06. The van der Waals surface area contributed by atoms with Gasteiger partial charge in [-0.2, -0.15) is 13.2 Å². The van der Waals surface area contributed by atoms with Crippen molar-refractivity contribution in [3.63, 3.8) is 0 Å². The minimum Gasteiger partial charge on any atom is -0.370 e. The fourth-order valence-electron chi connectivity index (χ4n) is 3.68. The van der Waals surface area contributed by atoms with Gasteiger partial charge in [-0.05, 0) is 49.1 Å². The Morgan fingerprint density at radius 2 is 1.88 bits per heavy atom. The van der Waals surface area contributed by atoms with Crippen molar-refractivity contribution < 1.29 is 13.2 Å². The first kappa shape index (κ1) is 27.2. The van der Waals surface area contributed by atoms with Crippen LogP contribution in [-0.2, 0) is 12.7 Å². The third-order valence-corrected chi connectivity index (χ3v) is 5.39. The largest absolute Gasteiger partial charge is 0.416 e. The number of hydrogen-bond donors (Lipinski definition) is 3. The number of hydrogen-bond acceptors (Lipinski definition) is 4. The molecular weight excluding hydrogens is 544 g/mol. The molecule has 1 unspecified atom stereocenters. The summed E-state index contributed by atoms with van der Waals surface area (Å²) in [6, 6.07) is 11.5. The molecule has 1 aliphatic rings. The summed E-state index contributed by atoms with van der Waals surface area (Å²) in [6.07, 6.45) is 0.471. The lowest BCUT2D eigenvalue weighted by molar-refractivity contribution is -0.137. The molecule has 182 valence electrons. The van der Waals surface area contributed by atoms with E-state index < -0.39 is 11.7 Å². The fourth-order valence-corrected chi connectivity index (χ4v) is 3.68. The van der Waals surface area contributed by atoms with E-state index >= 15 is 0 Å².